The van der Waals surface area contributed by atoms with Crippen LogP contribution in [-0.4, -0.2) is 11.8 Å². The third-order valence-electron chi connectivity index (χ3n) is 4.94. The normalized spacial score (nSPS) is 14.2. The van der Waals surface area contributed by atoms with E-state index in [2.05, 4.69) is 10.6 Å². The second kappa shape index (κ2) is 8.65. The Morgan fingerprint density at radius 1 is 1.04 bits per heavy atom. The first-order valence-electron chi connectivity index (χ1n) is 9.34. The van der Waals surface area contributed by atoms with E-state index < -0.39 is 0 Å². The van der Waals surface area contributed by atoms with Crippen molar-refractivity contribution < 1.29 is 9.59 Å². The van der Waals surface area contributed by atoms with E-state index in [0.717, 1.165) is 16.8 Å². The quantitative estimate of drug-likeness (QED) is 0.809. The van der Waals surface area contributed by atoms with E-state index in [-0.39, 0.29) is 11.8 Å². The Bertz CT molecular complexity index is 762. The molecule has 0 unspecified atom stereocenters. The van der Waals surface area contributed by atoms with Crippen molar-refractivity contribution in [1.29, 1.82) is 0 Å². The Morgan fingerprint density at radius 2 is 1.77 bits per heavy atom. The topological polar surface area (TPSA) is 58.2 Å². The molecule has 4 nitrogen and oxygen atoms in total. The van der Waals surface area contributed by atoms with Crippen molar-refractivity contribution in [3.05, 3.63) is 65.2 Å². The smallest absolute Gasteiger partial charge is 0.255 e. The van der Waals surface area contributed by atoms with Crippen LogP contribution in [0.15, 0.2) is 48.5 Å². The minimum Gasteiger partial charge on any atom is -0.352 e. The fraction of sp³-hybridized carbons (Fsp3) is 0.364. The molecule has 2 N–H and O–H groups in total. The second-order valence-electron chi connectivity index (χ2n) is 7.15. The summed E-state index contributed by atoms with van der Waals surface area (Å²) in [6.07, 6.45) is 5.48. The molecule has 0 aromatic heterocycles. The molecule has 4 heteroatoms. The maximum Gasteiger partial charge on any atom is 0.255 e. The number of rotatable bonds is 6. The monoisotopic (exact) mass is 350 g/mol. The lowest BCUT2D eigenvalue weighted by atomic mass is 10.0. The number of hydrogen-bond donors (Lipinski definition) is 2. The van der Waals surface area contributed by atoms with Crippen LogP contribution in [0, 0.1) is 12.8 Å². The van der Waals surface area contributed by atoms with Gasteiger partial charge in [-0.1, -0.05) is 42.7 Å². The van der Waals surface area contributed by atoms with E-state index in [1.54, 1.807) is 0 Å². The highest BCUT2D eigenvalue weighted by Gasteiger charge is 2.18. The highest BCUT2D eigenvalue weighted by molar-refractivity contribution is 6.04. The summed E-state index contributed by atoms with van der Waals surface area (Å²) in [6, 6.07) is 15.1. The zero-order chi connectivity index (χ0) is 18.4. The summed E-state index contributed by atoms with van der Waals surface area (Å²) in [4.78, 5) is 24.4. The van der Waals surface area contributed by atoms with Crippen LogP contribution in [0.25, 0.3) is 0 Å². The number of carbonyl (C=O) groups is 2. The average molecular weight is 350 g/mol. The Hall–Kier alpha value is -2.62. The van der Waals surface area contributed by atoms with Crippen LogP contribution < -0.4 is 10.6 Å². The molecule has 1 aliphatic carbocycles. The summed E-state index contributed by atoms with van der Waals surface area (Å²) in [7, 11) is 0. The number of carbonyl (C=O) groups excluding carboxylic acids is 2. The molecule has 0 saturated heterocycles. The van der Waals surface area contributed by atoms with E-state index in [0.29, 0.717) is 24.4 Å². The van der Waals surface area contributed by atoms with Crippen LogP contribution in [0.1, 0.15) is 53.6 Å². The molecule has 0 aliphatic heterocycles. The van der Waals surface area contributed by atoms with Gasteiger partial charge >= 0.3 is 0 Å². The number of nitrogens with one attached hydrogen (secondary N) is 2. The number of aryl methyl sites for hydroxylation is 1. The molecule has 2 aromatic rings. The SMILES string of the molecule is Cc1ccc(C(=O)Nc2cccc(CNC(=O)CC3CCCC3)c2)cc1. The van der Waals surface area contributed by atoms with Gasteiger partial charge in [-0.25, -0.2) is 0 Å². The zero-order valence-electron chi connectivity index (χ0n) is 15.3. The Kier molecular flexibility index (Phi) is 6.05. The highest BCUT2D eigenvalue weighted by atomic mass is 16.2. The fourth-order valence-electron chi connectivity index (χ4n) is 3.42. The molecule has 0 bridgehead atoms. The summed E-state index contributed by atoms with van der Waals surface area (Å²) >= 11 is 0. The van der Waals surface area contributed by atoms with Crippen molar-refractivity contribution in [2.45, 2.75) is 45.6 Å². The first-order chi connectivity index (χ1) is 12.6. The van der Waals surface area contributed by atoms with Crippen LogP contribution in [0.3, 0.4) is 0 Å². The third-order valence-corrected chi connectivity index (χ3v) is 4.94. The molecule has 0 radical (unpaired) electrons. The summed E-state index contributed by atoms with van der Waals surface area (Å²) in [6.45, 7) is 2.48. The molecular weight excluding hydrogens is 324 g/mol. The molecule has 1 saturated carbocycles. The Morgan fingerprint density at radius 3 is 2.50 bits per heavy atom. The van der Waals surface area contributed by atoms with Crippen LogP contribution in [-0.2, 0) is 11.3 Å². The van der Waals surface area contributed by atoms with Gasteiger partial charge in [-0.05, 0) is 55.5 Å². The van der Waals surface area contributed by atoms with Gasteiger partial charge in [0.15, 0.2) is 0 Å². The standard InChI is InChI=1S/C22H26N2O2/c1-16-9-11-19(12-10-16)22(26)24-20-8-4-7-18(13-20)15-23-21(25)14-17-5-2-3-6-17/h4,7-13,17H,2-3,5-6,14-15H2,1H3,(H,23,25)(H,24,26). The highest BCUT2D eigenvalue weighted by Crippen LogP contribution is 2.27. The predicted molar refractivity (Wildman–Crippen MR) is 104 cm³/mol. The van der Waals surface area contributed by atoms with Gasteiger partial charge in [0.25, 0.3) is 5.91 Å². The van der Waals surface area contributed by atoms with E-state index in [4.69, 9.17) is 0 Å². The summed E-state index contributed by atoms with van der Waals surface area (Å²) < 4.78 is 0. The lowest BCUT2D eigenvalue weighted by Gasteiger charge is -2.11. The van der Waals surface area contributed by atoms with Crippen molar-refractivity contribution in [3.8, 4) is 0 Å². The van der Waals surface area contributed by atoms with Gasteiger partial charge < -0.3 is 10.6 Å². The maximum absolute atomic E-state index is 12.3. The Labute approximate surface area is 155 Å². The van der Waals surface area contributed by atoms with Crippen molar-refractivity contribution >= 4 is 17.5 Å². The van der Waals surface area contributed by atoms with Crippen LogP contribution in [0.2, 0.25) is 0 Å². The first-order valence-corrected chi connectivity index (χ1v) is 9.34. The van der Waals surface area contributed by atoms with Gasteiger partial charge in [0.1, 0.15) is 0 Å². The van der Waals surface area contributed by atoms with Crippen LogP contribution in [0.5, 0.6) is 0 Å². The predicted octanol–water partition coefficient (Wildman–Crippen LogP) is 4.44. The first kappa shape index (κ1) is 18.2. The number of anilines is 1. The molecule has 2 aromatic carbocycles. The van der Waals surface area contributed by atoms with Crippen molar-refractivity contribution in [3.63, 3.8) is 0 Å². The van der Waals surface area contributed by atoms with Gasteiger partial charge in [0.05, 0.1) is 0 Å². The number of amides is 2. The molecule has 1 aliphatic rings. The molecule has 1 fully saturated rings. The molecular formula is C22H26N2O2. The molecule has 26 heavy (non-hydrogen) atoms. The largest absolute Gasteiger partial charge is 0.352 e. The van der Waals surface area contributed by atoms with E-state index in [9.17, 15) is 9.59 Å². The van der Waals surface area contributed by atoms with Crippen LogP contribution >= 0.6 is 0 Å². The number of hydrogen-bond acceptors (Lipinski definition) is 2. The summed E-state index contributed by atoms with van der Waals surface area (Å²) in [5.41, 5.74) is 3.47. The van der Waals surface area contributed by atoms with Crippen molar-refractivity contribution in [2.24, 2.45) is 5.92 Å². The van der Waals surface area contributed by atoms with Gasteiger partial charge in [0, 0.05) is 24.2 Å². The minimum atomic E-state index is -0.132. The second-order valence-corrected chi connectivity index (χ2v) is 7.15. The van der Waals surface area contributed by atoms with Gasteiger partial charge in [-0.15, -0.1) is 0 Å². The average Bonchev–Trinajstić information content (AvgIpc) is 3.14. The minimum absolute atomic E-state index is 0.117. The van der Waals surface area contributed by atoms with Gasteiger partial charge in [0.2, 0.25) is 5.91 Å². The molecule has 0 spiro atoms. The molecule has 2 amide bonds. The summed E-state index contributed by atoms with van der Waals surface area (Å²) in [5.74, 6) is 0.536. The zero-order valence-corrected chi connectivity index (χ0v) is 15.3. The number of benzene rings is 2. The van der Waals surface area contributed by atoms with Gasteiger partial charge in [-0.3, -0.25) is 9.59 Å². The molecule has 136 valence electrons. The van der Waals surface area contributed by atoms with E-state index in [1.807, 2.05) is 55.5 Å². The lowest BCUT2D eigenvalue weighted by molar-refractivity contribution is -0.122. The Balaban J connectivity index is 1.53. The lowest BCUT2D eigenvalue weighted by Crippen LogP contribution is -2.24. The van der Waals surface area contributed by atoms with Crippen molar-refractivity contribution in [2.75, 3.05) is 5.32 Å². The molecule has 0 heterocycles. The van der Waals surface area contributed by atoms with E-state index in [1.165, 1.54) is 25.7 Å². The molecule has 0 atom stereocenters. The van der Waals surface area contributed by atoms with Crippen molar-refractivity contribution in [1.82, 2.24) is 5.32 Å². The van der Waals surface area contributed by atoms with E-state index >= 15 is 0 Å². The molecule has 3 rings (SSSR count). The third kappa shape index (κ3) is 5.19. The fourth-order valence-corrected chi connectivity index (χ4v) is 3.42. The maximum atomic E-state index is 12.3. The van der Waals surface area contributed by atoms with Gasteiger partial charge in [-0.2, -0.15) is 0 Å². The summed E-state index contributed by atoms with van der Waals surface area (Å²) in [5, 5.41) is 5.91. The van der Waals surface area contributed by atoms with Crippen LogP contribution in [0.4, 0.5) is 5.69 Å².